The smallest absolute Gasteiger partial charge is 0.193 e. The summed E-state index contributed by atoms with van der Waals surface area (Å²) in [5.74, 6) is 3.16. The van der Waals surface area contributed by atoms with Crippen molar-refractivity contribution in [2.75, 3.05) is 40.1 Å². The molecule has 270 valence electrons. The van der Waals surface area contributed by atoms with Crippen LogP contribution in [-0.4, -0.2) is 45.9 Å². The van der Waals surface area contributed by atoms with Crippen molar-refractivity contribution >= 4 is 11.9 Å². The zero-order valence-electron chi connectivity index (χ0n) is 31.0. The predicted molar refractivity (Wildman–Crippen MR) is 198 cm³/mol. The van der Waals surface area contributed by atoms with Crippen LogP contribution in [0.5, 0.6) is 34.5 Å². The summed E-state index contributed by atoms with van der Waals surface area (Å²) in [7, 11) is 1.63. The highest BCUT2D eigenvalue weighted by molar-refractivity contribution is 6.11. The molecule has 2 rings (SSSR count). The lowest BCUT2D eigenvalue weighted by Gasteiger charge is -2.19. The molecule has 0 aliphatic heterocycles. The maximum atomic E-state index is 14.3. The van der Waals surface area contributed by atoms with E-state index < -0.39 is 0 Å². The largest absolute Gasteiger partial charge is 0.493 e. The molecule has 0 saturated carbocycles. The fourth-order valence-electron chi connectivity index (χ4n) is 5.18. The van der Waals surface area contributed by atoms with Gasteiger partial charge in [-0.25, -0.2) is 0 Å². The van der Waals surface area contributed by atoms with Gasteiger partial charge in [-0.1, -0.05) is 98.8 Å². The maximum absolute atomic E-state index is 14.3. The van der Waals surface area contributed by atoms with Gasteiger partial charge in [0.1, 0.15) is 17.1 Å². The van der Waals surface area contributed by atoms with Crippen LogP contribution >= 0.6 is 0 Å². The van der Waals surface area contributed by atoms with E-state index in [0.717, 1.165) is 96.3 Å². The lowest BCUT2D eigenvalue weighted by Crippen LogP contribution is -2.10. The van der Waals surface area contributed by atoms with E-state index in [0.29, 0.717) is 78.7 Å². The van der Waals surface area contributed by atoms with E-state index in [-0.39, 0.29) is 5.78 Å². The van der Waals surface area contributed by atoms with Gasteiger partial charge >= 0.3 is 0 Å². The predicted octanol–water partition coefficient (Wildman–Crippen LogP) is 11.4. The SMILES string of the molecule is CCCCCOc1cc(/C=C/C(=O)c2c(OCCCCC)ccc(OCCCCC)c2OCCCCC)c(OCCCCC)c(OC)c1. The highest BCUT2D eigenvalue weighted by Crippen LogP contribution is 2.40. The third kappa shape index (κ3) is 14.8. The fourth-order valence-corrected chi connectivity index (χ4v) is 5.18. The first kappa shape index (κ1) is 40.8. The molecule has 0 heterocycles. The minimum Gasteiger partial charge on any atom is -0.493 e. The average Bonchev–Trinajstić information content (AvgIpc) is 3.10. The summed E-state index contributed by atoms with van der Waals surface area (Å²) < 4.78 is 37.0. The summed E-state index contributed by atoms with van der Waals surface area (Å²) in [6.45, 7) is 13.6. The van der Waals surface area contributed by atoms with E-state index in [2.05, 4.69) is 34.6 Å². The van der Waals surface area contributed by atoms with Crippen molar-refractivity contribution in [2.45, 2.75) is 131 Å². The van der Waals surface area contributed by atoms with Crippen molar-refractivity contribution in [2.24, 2.45) is 0 Å². The number of rotatable bonds is 29. The second-order valence-corrected chi connectivity index (χ2v) is 12.3. The Morgan fingerprint density at radius 1 is 0.542 bits per heavy atom. The topological polar surface area (TPSA) is 72.5 Å². The molecule has 0 aliphatic rings. The van der Waals surface area contributed by atoms with Crippen LogP contribution in [0.3, 0.4) is 0 Å². The molecular weight excluding hydrogens is 604 g/mol. The number of hydrogen-bond acceptors (Lipinski definition) is 7. The minimum absolute atomic E-state index is 0.227. The van der Waals surface area contributed by atoms with Crippen molar-refractivity contribution < 1.29 is 33.2 Å². The second kappa shape index (κ2) is 25.6. The summed E-state index contributed by atoms with van der Waals surface area (Å²) in [4.78, 5) is 14.3. The molecule has 7 heteroatoms. The highest BCUT2D eigenvalue weighted by atomic mass is 16.5. The fraction of sp³-hybridized carbons (Fsp3) is 0.634. The molecule has 0 spiro atoms. The molecule has 0 atom stereocenters. The molecule has 0 radical (unpaired) electrons. The second-order valence-electron chi connectivity index (χ2n) is 12.3. The number of carbonyl (C=O) groups is 1. The minimum atomic E-state index is -0.227. The monoisotopic (exact) mass is 668 g/mol. The van der Waals surface area contributed by atoms with Crippen LogP contribution in [0.15, 0.2) is 30.3 Å². The van der Waals surface area contributed by atoms with E-state index >= 15 is 0 Å². The normalized spacial score (nSPS) is 11.1. The Kier molecular flexibility index (Phi) is 21.8. The van der Waals surface area contributed by atoms with E-state index in [1.165, 1.54) is 0 Å². The molecular formula is C41H64O7. The van der Waals surface area contributed by atoms with Crippen LogP contribution in [0.25, 0.3) is 6.08 Å². The molecule has 7 nitrogen and oxygen atoms in total. The van der Waals surface area contributed by atoms with Gasteiger partial charge in [0, 0.05) is 11.6 Å². The molecule has 48 heavy (non-hydrogen) atoms. The zero-order chi connectivity index (χ0) is 34.8. The summed E-state index contributed by atoms with van der Waals surface area (Å²) in [6.07, 6.45) is 18.8. The van der Waals surface area contributed by atoms with E-state index in [1.807, 2.05) is 24.3 Å². The van der Waals surface area contributed by atoms with Gasteiger partial charge in [-0.3, -0.25) is 4.79 Å². The summed E-state index contributed by atoms with van der Waals surface area (Å²) in [5.41, 5.74) is 1.10. The number of benzene rings is 2. The van der Waals surface area contributed by atoms with Gasteiger partial charge in [0.05, 0.1) is 40.1 Å². The number of hydrogen-bond donors (Lipinski definition) is 0. The average molecular weight is 669 g/mol. The van der Waals surface area contributed by atoms with Crippen LogP contribution in [-0.2, 0) is 0 Å². The molecule has 0 fully saturated rings. The molecule has 0 aliphatic carbocycles. The number of unbranched alkanes of at least 4 members (excludes halogenated alkanes) is 10. The third-order valence-electron chi connectivity index (χ3n) is 8.04. The Balaban J connectivity index is 2.56. The maximum Gasteiger partial charge on any atom is 0.193 e. The molecule has 2 aromatic carbocycles. The standard InChI is InChI=1S/C41H64O7/c1-7-12-17-26-44-34-31-33(40(38(32-34)43-6)47-29-20-15-10-4)22-23-35(42)39-36(45-27-18-13-8-2)24-25-37(46-28-19-14-9-3)41(39)48-30-21-16-11-5/h22-25,31-32H,7-21,26-30H2,1-6H3/b23-22+. The van der Waals surface area contributed by atoms with Gasteiger partial charge in [-0.05, 0) is 62.5 Å². The van der Waals surface area contributed by atoms with Crippen LogP contribution in [0.4, 0.5) is 0 Å². The van der Waals surface area contributed by atoms with Crippen molar-refractivity contribution in [1.29, 1.82) is 0 Å². The number of ketones is 1. The van der Waals surface area contributed by atoms with E-state index in [9.17, 15) is 4.79 Å². The molecule has 0 N–H and O–H groups in total. The van der Waals surface area contributed by atoms with Crippen LogP contribution < -0.4 is 28.4 Å². The molecule has 0 bridgehead atoms. The Bertz CT molecular complexity index is 1190. The first-order valence-corrected chi connectivity index (χ1v) is 18.8. The number of methoxy groups -OCH3 is 1. The Morgan fingerprint density at radius 3 is 1.52 bits per heavy atom. The molecule has 0 saturated heterocycles. The molecule has 2 aromatic rings. The third-order valence-corrected chi connectivity index (χ3v) is 8.04. The first-order valence-electron chi connectivity index (χ1n) is 18.8. The first-order chi connectivity index (χ1) is 23.5. The summed E-state index contributed by atoms with van der Waals surface area (Å²) in [6, 6.07) is 7.51. The van der Waals surface area contributed by atoms with E-state index in [1.54, 1.807) is 19.3 Å². The van der Waals surface area contributed by atoms with Gasteiger partial charge < -0.3 is 28.4 Å². The van der Waals surface area contributed by atoms with Crippen molar-refractivity contribution in [3.63, 3.8) is 0 Å². The lowest BCUT2D eigenvalue weighted by molar-refractivity contribution is 0.103. The van der Waals surface area contributed by atoms with Gasteiger partial charge in [0.15, 0.2) is 28.8 Å². The molecule has 0 amide bonds. The van der Waals surface area contributed by atoms with Crippen molar-refractivity contribution in [3.05, 3.63) is 41.5 Å². The molecule has 0 aromatic heterocycles. The van der Waals surface area contributed by atoms with Crippen LogP contribution in [0, 0.1) is 0 Å². The summed E-state index contributed by atoms with van der Waals surface area (Å²) >= 11 is 0. The zero-order valence-corrected chi connectivity index (χ0v) is 31.0. The van der Waals surface area contributed by atoms with Gasteiger partial charge in [0.2, 0.25) is 0 Å². The van der Waals surface area contributed by atoms with Crippen LogP contribution in [0.2, 0.25) is 0 Å². The summed E-state index contributed by atoms with van der Waals surface area (Å²) in [5, 5.41) is 0. The molecule has 0 unspecified atom stereocenters. The lowest BCUT2D eigenvalue weighted by atomic mass is 10.0. The Morgan fingerprint density at radius 2 is 1.00 bits per heavy atom. The van der Waals surface area contributed by atoms with Crippen molar-refractivity contribution in [1.82, 2.24) is 0 Å². The van der Waals surface area contributed by atoms with E-state index in [4.69, 9.17) is 28.4 Å². The quantitative estimate of drug-likeness (QED) is 0.0485. The van der Waals surface area contributed by atoms with Crippen molar-refractivity contribution in [3.8, 4) is 34.5 Å². The van der Waals surface area contributed by atoms with Gasteiger partial charge in [-0.2, -0.15) is 0 Å². The Hall–Kier alpha value is -3.35. The Labute approximate surface area is 291 Å². The van der Waals surface area contributed by atoms with Gasteiger partial charge in [0.25, 0.3) is 0 Å². The van der Waals surface area contributed by atoms with Crippen LogP contribution in [0.1, 0.15) is 147 Å². The van der Waals surface area contributed by atoms with Gasteiger partial charge in [-0.15, -0.1) is 0 Å². The number of allylic oxidation sites excluding steroid dienone is 1. The highest BCUT2D eigenvalue weighted by Gasteiger charge is 2.23. The number of carbonyl (C=O) groups excluding carboxylic acids is 1. The number of ether oxygens (including phenoxy) is 6.